The van der Waals surface area contributed by atoms with E-state index in [0.29, 0.717) is 13.0 Å². The maximum atomic E-state index is 11.6. The van der Waals surface area contributed by atoms with Crippen molar-refractivity contribution in [2.45, 2.75) is 187 Å². The summed E-state index contributed by atoms with van der Waals surface area (Å²) in [5.74, 6) is -0.872. The third-order valence-electron chi connectivity index (χ3n) is 7.37. The fourth-order valence-corrected chi connectivity index (χ4v) is 5.81. The minimum atomic E-state index is -4.55. The Labute approximate surface area is 277 Å². The molecule has 0 fully saturated rings. The molecule has 0 amide bonds. The number of unbranched alkanes of at least 4 members (excludes halogenated alkanes) is 23. The quantitative estimate of drug-likeness (QED) is 0.0860. The third-order valence-corrected chi connectivity index (χ3v) is 8.58. The number of hydrogen-bond donors (Lipinski definition) is 1. The van der Waals surface area contributed by atoms with Crippen LogP contribution in [0.1, 0.15) is 181 Å². The summed E-state index contributed by atoms with van der Waals surface area (Å²) in [7, 11) is -4.55. The minimum absolute atomic E-state index is 0. The predicted molar refractivity (Wildman–Crippen MR) is 150 cm³/mol. The summed E-state index contributed by atoms with van der Waals surface area (Å²) in [6.07, 6.45) is 32.5. The van der Waals surface area contributed by atoms with Gasteiger partial charge in [-0.1, -0.05) is 162 Å². The SMILES string of the molecule is CCCCCCCCCCCCCCCCCCNC(CCCCCCCCCCC)[P+]([O-])([O-])[O-].[Na+].[Na+]. The van der Waals surface area contributed by atoms with Gasteiger partial charge in [0.1, 0.15) is 5.78 Å². The molecule has 0 aromatic heterocycles. The van der Waals surface area contributed by atoms with Crippen LogP contribution in [0.2, 0.25) is 0 Å². The molecule has 1 unspecified atom stereocenters. The van der Waals surface area contributed by atoms with Crippen molar-refractivity contribution < 1.29 is 73.8 Å². The first-order chi connectivity index (χ1) is 17.0. The van der Waals surface area contributed by atoms with Crippen molar-refractivity contribution in [2.75, 3.05) is 6.54 Å². The summed E-state index contributed by atoms with van der Waals surface area (Å²) in [6, 6.07) is 0. The average Bonchev–Trinajstić information content (AvgIpc) is 2.82. The Hall–Kier alpha value is 2.27. The van der Waals surface area contributed by atoms with Crippen molar-refractivity contribution in [3.63, 3.8) is 0 Å². The van der Waals surface area contributed by atoms with Crippen molar-refractivity contribution in [1.29, 1.82) is 0 Å². The van der Waals surface area contributed by atoms with Crippen LogP contribution < -0.4 is 79.1 Å². The maximum absolute atomic E-state index is 11.6. The zero-order valence-electron chi connectivity index (χ0n) is 25.8. The largest absolute Gasteiger partial charge is 1.00 e. The first-order valence-electron chi connectivity index (χ1n) is 15.8. The van der Waals surface area contributed by atoms with E-state index in [1.54, 1.807) is 0 Å². The molecule has 0 rings (SSSR count). The first kappa shape index (κ1) is 43.7. The van der Waals surface area contributed by atoms with Gasteiger partial charge in [0.25, 0.3) is 0 Å². The number of rotatable bonds is 29. The van der Waals surface area contributed by atoms with Crippen LogP contribution in [0.25, 0.3) is 0 Å². The normalized spacial score (nSPS) is 12.2. The summed E-state index contributed by atoms with van der Waals surface area (Å²) in [5.41, 5.74) is 0. The van der Waals surface area contributed by atoms with Crippen molar-refractivity contribution in [1.82, 2.24) is 5.32 Å². The molecule has 0 aliphatic heterocycles. The molecule has 1 atom stereocenters. The fraction of sp³-hybridized carbons (Fsp3) is 1.00. The zero-order valence-corrected chi connectivity index (χ0v) is 30.7. The molecule has 0 heterocycles. The Morgan fingerprint density at radius 2 is 0.703 bits per heavy atom. The van der Waals surface area contributed by atoms with E-state index in [-0.39, 0.29) is 59.1 Å². The molecule has 0 saturated heterocycles. The van der Waals surface area contributed by atoms with E-state index in [2.05, 4.69) is 19.2 Å². The summed E-state index contributed by atoms with van der Waals surface area (Å²) in [4.78, 5) is 34.8. The standard InChI is InChI=1S/C30H64NO3P.2Na/c1-3-5-7-9-11-13-14-15-16-17-18-19-21-23-25-27-29-31-30(35(32,33)34)28-26-24-22-20-12-10-8-6-4-2;;/h30-31H,3-29H2,1-2H3,(H2,32,33,34);;/q;2*+1/p-2. The van der Waals surface area contributed by atoms with Crippen LogP contribution in [0, 0.1) is 0 Å². The van der Waals surface area contributed by atoms with Gasteiger partial charge in [0.15, 0.2) is 0 Å². The Bertz CT molecular complexity index is 415. The van der Waals surface area contributed by atoms with Crippen molar-refractivity contribution >= 4 is 7.94 Å². The molecular formula is C30H62NNa2O3P. The Balaban J connectivity index is -0.00000578. The second-order valence-electron chi connectivity index (χ2n) is 10.9. The molecule has 4 nitrogen and oxygen atoms in total. The molecule has 0 spiro atoms. The maximum Gasteiger partial charge on any atom is 1.00 e. The molecule has 0 bridgehead atoms. The van der Waals surface area contributed by atoms with Gasteiger partial charge >= 0.3 is 59.1 Å². The predicted octanol–water partition coefficient (Wildman–Crippen LogP) is 1.94. The van der Waals surface area contributed by atoms with Crippen molar-refractivity contribution in [2.24, 2.45) is 0 Å². The van der Waals surface area contributed by atoms with Gasteiger partial charge in [-0.2, -0.15) is 0 Å². The van der Waals surface area contributed by atoms with Crippen LogP contribution in [0.4, 0.5) is 0 Å². The van der Waals surface area contributed by atoms with Crippen molar-refractivity contribution in [3.05, 3.63) is 0 Å². The molecule has 1 N–H and O–H groups in total. The molecular weight excluding hydrogens is 499 g/mol. The van der Waals surface area contributed by atoms with E-state index in [9.17, 15) is 14.7 Å². The number of hydrogen-bond acceptors (Lipinski definition) is 4. The smallest absolute Gasteiger partial charge is 0.686 e. The van der Waals surface area contributed by atoms with Crippen LogP contribution >= 0.6 is 7.94 Å². The van der Waals surface area contributed by atoms with Gasteiger partial charge in [0, 0.05) is 0 Å². The van der Waals surface area contributed by atoms with E-state index in [4.69, 9.17) is 0 Å². The van der Waals surface area contributed by atoms with E-state index in [1.807, 2.05) is 0 Å². The van der Waals surface area contributed by atoms with Gasteiger partial charge in [-0.05, 0) is 25.8 Å². The number of nitrogens with one attached hydrogen (secondary N) is 1. The summed E-state index contributed by atoms with van der Waals surface area (Å²) < 4.78 is 0. The van der Waals surface area contributed by atoms with E-state index < -0.39 is 13.7 Å². The van der Waals surface area contributed by atoms with Gasteiger partial charge in [0.2, 0.25) is 0 Å². The Morgan fingerprint density at radius 1 is 0.432 bits per heavy atom. The van der Waals surface area contributed by atoms with Crippen LogP contribution in [0.5, 0.6) is 0 Å². The van der Waals surface area contributed by atoms with Gasteiger partial charge in [-0.15, -0.1) is 7.94 Å². The monoisotopic (exact) mass is 561 g/mol. The van der Waals surface area contributed by atoms with E-state index >= 15 is 0 Å². The molecule has 0 aromatic rings. The van der Waals surface area contributed by atoms with Gasteiger partial charge in [-0.3, -0.25) is 5.32 Å². The molecule has 0 radical (unpaired) electrons. The molecule has 0 saturated carbocycles. The zero-order chi connectivity index (χ0) is 25.9. The summed E-state index contributed by atoms with van der Waals surface area (Å²) in [5, 5.41) is 3.05. The van der Waals surface area contributed by atoms with E-state index in [0.717, 1.165) is 32.1 Å². The summed E-state index contributed by atoms with van der Waals surface area (Å²) >= 11 is 0. The second kappa shape index (κ2) is 34.5. The van der Waals surface area contributed by atoms with Crippen molar-refractivity contribution in [3.8, 4) is 0 Å². The Morgan fingerprint density at radius 3 is 1.00 bits per heavy atom. The second-order valence-corrected chi connectivity index (χ2v) is 12.6. The molecule has 212 valence electrons. The minimum Gasteiger partial charge on any atom is -0.686 e. The van der Waals surface area contributed by atoms with Gasteiger partial charge < -0.3 is 14.7 Å². The Kier molecular flexibility index (Phi) is 40.7. The summed E-state index contributed by atoms with van der Waals surface area (Å²) in [6.45, 7) is 5.16. The van der Waals surface area contributed by atoms with Gasteiger partial charge in [0.05, 0.1) is 0 Å². The first-order valence-corrected chi connectivity index (χ1v) is 17.4. The van der Waals surface area contributed by atoms with Gasteiger partial charge in [-0.25, -0.2) is 0 Å². The molecule has 37 heavy (non-hydrogen) atoms. The van der Waals surface area contributed by atoms with Crippen LogP contribution in [0.3, 0.4) is 0 Å². The molecule has 0 aliphatic rings. The molecule has 0 aromatic carbocycles. The average molecular weight is 562 g/mol. The molecule has 0 aliphatic carbocycles. The topological polar surface area (TPSA) is 81.2 Å². The van der Waals surface area contributed by atoms with Crippen LogP contribution in [-0.2, 0) is 0 Å². The van der Waals surface area contributed by atoms with E-state index in [1.165, 1.54) is 128 Å². The van der Waals surface area contributed by atoms with Crippen LogP contribution in [-0.4, -0.2) is 12.3 Å². The molecule has 7 heteroatoms. The van der Waals surface area contributed by atoms with Crippen LogP contribution in [0.15, 0.2) is 0 Å². The fourth-order valence-electron chi connectivity index (χ4n) is 4.96. The third kappa shape index (κ3) is 34.4.